The molecule has 0 unspecified atom stereocenters. The molecule has 290 valence electrons. The smallest absolute Gasteiger partial charge is 0.164 e. The van der Waals surface area contributed by atoms with Crippen molar-refractivity contribution in [3.63, 3.8) is 0 Å². The Morgan fingerprint density at radius 3 is 1.52 bits per heavy atom. The molecule has 9 aromatic carbocycles. The lowest BCUT2D eigenvalue weighted by Crippen LogP contribution is -2.00. The maximum atomic E-state index is 6.59. The van der Waals surface area contributed by atoms with Crippen LogP contribution in [0.25, 0.3) is 117 Å². The topological polar surface area (TPSA) is 56.7 Å². The van der Waals surface area contributed by atoms with E-state index in [1.54, 1.807) is 0 Å². The maximum absolute atomic E-state index is 6.59. The van der Waals surface area contributed by atoms with Crippen LogP contribution in [0.1, 0.15) is 0 Å². The summed E-state index contributed by atoms with van der Waals surface area (Å²) in [6, 6.07) is 76.3. The molecule has 0 saturated heterocycles. The van der Waals surface area contributed by atoms with E-state index in [4.69, 9.17) is 19.4 Å². The van der Waals surface area contributed by atoms with E-state index in [0.29, 0.717) is 17.5 Å². The van der Waals surface area contributed by atoms with Crippen molar-refractivity contribution in [1.82, 2.24) is 19.5 Å². The number of hydrogen-bond donors (Lipinski definition) is 0. The molecule has 0 atom stereocenters. The Morgan fingerprint density at radius 1 is 0.323 bits per heavy atom. The molecule has 0 aliphatic heterocycles. The molecule has 5 heteroatoms. The van der Waals surface area contributed by atoms with E-state index in [-0.39, 0.29) is 0 Å². The Balaban J connectivity index is 0.971. The second-order valence-electron chi connectivity index (χ2n) is 15.6. The fourth-order valence-corrected chi connectivity index (χ4v) is 8.92. The first kappa shape index (κ1) is 35.5. The molecule has 0 aliphatic rings. The van der Waals surface area contributed by atoms with E-state index < -0.39 is 0 Å². The summed E-state index contributed by atoms with van der Waals surface area (Å²) in [5, 5.41) is 4.62. The average Bonchev–Trinajstić information content (AvgIpc) is 3.90. The van der Waals surface area contributed by atoms with Gasteiger partial charge in [0.1, 0.15) is 11.2 Å². The number of nitrogens with zero attached hydrogens (tertiary/aromatic N) is 4. The predicted octanol–water partition coefficient (Wildman–Crippen LogP) is 14.9. The summed E-state index contributed by atoms with van der Waals surface area (Å²) in [6.45, 7) is 0. The summed E-state index contributed by atoms with van der Waals surface area (Å²) < 4.78 is 8.97. The number of furan rings is 1. The van der Waals surface area contributed by atoms with Crippen LogP contribution in [0.15, 0.2) is 223 Å². The first-order valence-corrected chi connectivity index (χ1v) is 20.8. The molecular weight excluding hydrogens is 757 g/mol. The van der Waals surface area contributed by atoms with Crippen molar-refractivity contribution >= 4 is 43.7 Å². The molecular formula is C57H36N4O. The van der Waals surface area contributed by atoms with Gasteiger partial charge in [-0.2, -0.15) is 0 Å². The number of hydrogen-bond acceptors (Lipinski definition) is 4. The molecule has 0 bridgehead atoms. The van der Waals surface area contributed by atoms with Gasteiger partial charge in [0.05, 0.1) is 11.0 Å². The lowest BCUT2D eigenvalue weighted by molar-refractivity contribution is 0.669. The molecule has 0 aliphatic carbocycles. The van der Waals surface area contributed by atoms with Crippen LogP contribution in [-0.2, 0) is 0 Å². The molecule has 0 radical (unpaired) electrons. The lowest BCUT2D eigenvalue weighted by atomic mass is 9.97. The number of rotatable bonds is 7. The second kappa shape index (κ2) is 14.7. The minimum atomic E-state index is 0.616. The summed E-state index contributed by atoms with van der Waals surface area (Å²) in [4.78, 5) is 15.1. The van der Waals surface area contributed by atoms with Crippen LogP contribution < -0.4 is 0 Å². The highest BCUT2D eigenvalue weighted by molar-refractivity contribution is 6.16. The zero-order chi connectivity index (χ0) is 41.0. The largest absolute Gasteiger partial charge is 0.456 e. The molecule has 12 rings (SSSR count). The zero-order valence-electron chi connectivity index (χ0n) is 33.5. The first-order valence-electron chi connectivity index (χ1n) is 20.8. The van der Waals surface area contributed by atoms with E-state index in [9.17, 15) is 0 Å². The van der Waals surface area contributed by atoms with Gasteiger partial charge in [0.25, 0.3) is 0 Å². The Morgan fingerprint density at radius 2 is 0.823 bits per heavy atom. The summed E-state index contributed by atoms with van der Waals surface area (Å²) in [7, 11) is 0. The predicted molar refractivity (Wildman–Crippen MR) is 254 cm³/mol. The van der Waals surface area contributed by atoms with Gasteiger partial charge in [0, 0.05) is 49.5 Å². The third-order valence-electron chi connectivity index (χ3n) is 11.9. The van der Waals surface area contributed by atoms with Gasteiger partial charge in [-0.3, -0.25) is 0 Å². The van der Waals surface area contributed by atoms with Gasteiger partial charge in [0.15, 0.2) is 17.5 Å². The number of benzene rings is 9. The highest BCUT2D eigenvalue weighted by Crippen LogP contribution is 2.42. The highest BCUT2D eigenvalue weighted by Gasteiger charge is 2.19. The maximum Gasteiger partial charge on any atom is 0.164 e. The average molecular weight is 793 g/mol. The van der Waals surface area contributed by atoms with Crippen LogP contribution in [0.4, 0.5) is 0 Å². The number of aromatic nitrogens is 4. The van der Waals surface area contributed by atoms with E-state index in [0.717, 1.165) is 72.0 Å². The molecule has 0 amide bonds. The van der Waals surface area contributed by atoms with Crippen molar-refractivity contribution in [3.8, 4) is 73.2 Å². The Labute approximate surface area is 357 Å². The number of para-hydroxylation sites is 2. The SMILES string of the molecule is c1ccc(-c2ccc(-c3nc(-c4ccccc4)nc(-c4ccc(-n5c6ccccc6c6cccc(-c7ccc8c(c7)oc7cccc(-c9ccccc9)c78)c65)cc4)n3)cc2)cc1. The van der Waals surface area contributed by atoms with E-state index in [1.807, 2.05) is 36.4 Å². The lowest BCUT2D eigenvalue weighted by Gasteiger charge is -2.13. The van der Waals surface area contributed by atoms with Crippen LogP contribution in [0, 0.1) is 0 Å². The number of fused-ring (bicyclic) bond motifs is 6. The molecule has 0 saturated carbocycles. The molecule has 12 aromatic rings. The van der Waals surface area contributed by atoms with Gasteiger partial charge >= 0.3 is 0 Å². The van der Waals surface area contributed by atoms with Crippen molar-refractivity contribution in [2.45, 2.75) is 0 Å². The standard InChI is InChI=1S/C57H36N4O/c1-4-14-37(15-5-1)38-26-28-41(29-27-38)56-58-55(40-18-8-3-9-19-40)59-57(60-56)42-30-33-44(34-31-42)61-50-24-11-10-20-47(50)48-23-12-22-46(54(48)61)43-32-35-49-52(36-43)62-51-25-13-21-45(53(49)51)39-16-6-2-7-17-39/h1-36H. The zero-order valence-corrected chi connectivity index (χ0v) is 33.5. The van der Waals surface area contributed by atoms with Gasteiger partial charge in [-0.05, 0) is 76.3 Å². The van der Waals surface area contributed by atoms with E-state index >= 15 is 0 Å². The van der Waals surface area contributed by atoms with Crippen LogP contribution >= 0.6 is 0 Å². The van der Waals surface area contributed by atoms with Crippen molar-refractivity contribution in [2.75, 3.05) is 0 Å². The molecule has 5 nitrogen and oxygen atoms in total. The van der Waals surface area contributed by atoms with Gasteiger partial charge in [-0.15, -0.1) is 0 Å². The minimum absolute atomic E-state index is 0.616. The van der Waals surface area contributed by atoms with Gasteiger partial charge in [-0.1, -0.05) is 170 Å². The van der Waals surface area contributed by atoms with Crippen molar-refractivity contribution < 1.29 is 4.42 Å². The minimum Gasteiger partial charge on any atom is -0.456 e. The van der Waals surface area contributed by atoms with Crippen LogP contribution in [0.5, 0.6) is 0 Å². The third-order valence-corrected chi connectivity index (χ3v) is 11.9. The van der Waals surface area contributed by atoms with Crippen molar-refractivity contribution in [1.29, 1.82) is 0 Å². The molecule has 0 N–H and O–H groups in total. The molecule has 0 spiro atoms. The summed E-state index contributed by atoms with van der Waals surface area (Å²) in [5.74, 6) is 1.87. The molecule has 0 fully saturated rings. The fraction of sp³-hybridized carbons (Fsp3) is 0. The molecule has 62 heavy (non-hydrogen) atoms. The summed E-state index contributed by atoms with van der Waals surface area (Å²) >= 11 is 0. The highest BCUT2D eigenvalue weighted by atomic mass is 16.3. The fourth-order valence-electron chi connectivity index (χ4n) is 8.92. The normalized spacial score (nSPS) is 11.5. The van der Waals surface area contributed by atoms with Crippen molar-refractivity contribution in [3.05, 3.63) is 218 Å². The monoisotopic (exact) mass is 792 g/mol. The third kappa shape index (κ3) is 6.06. The summed E-state index contributed by atoms with van der Waals surface area (Å²) in [5.41, 5.74) is 14.7. The van der Waals surface area contributed by atoms with Crippen LogP contribution in [0.2, 0.25) is 0 Å². The quantitative estimate of drug-likeness (QED) is 0.161. The van der Waals surface area contributed by atoms with Gasteiger partial charge in [-0.25, -0.2) is 15.0 Å². The summed E-state index contributed by atoms with van der Waals surface area (Å²) in [6.07, 6.45) is 0. The Hall–Kier alpha value is -8.41. The van der Waals surface area contributed by atoms with E-state index in [1.165, 1.54) is 27.5 Å². The Bertz CT molecular complexity index is 3590. The van der Waals surface area contributed by atoms with Crippen LogP contribution in [-0.4, -0.2) is 19.5 Å². The molecule has 3 aromatic heterocycles. The first-order chi connectivity index (χ1) is 30.7. The molecule has 3 heterocycles. The van der Waals surface area contributed by atoms with Gasteiger partial charge < -0.3 is 8.98 Å². The van der Waals surface area contributed by atoms with Crippen LogP contribution in [0.3, 0.4) is 0 Å². The van der Waals surface area contributed by atoms with E-state index in [2.05, 4.69) is 187 Å². The second-order valence-corrected chi connectivity index (χ2v) is 15.6. The Kier molecular flexibility index (Phi) is 8.42. The van der Waals surface area contributed by atoms with Crippen molar-refractivity contribution in [2.24, 2.45) is 0 Å². The van der Waals surface area contributed by atoms with Gasteiger partial charge in [0.2, 0.25) is 0 Å².